The molecule has 4 nitrogen and oxygen atoms in total. The number of benzene rings is 1. The molecule has 0 radical (unpaired) electrons. The summed E-state index contributed by atoms with van der Waals surface area (Å²) in [7, 11) is -3.79. The van der Waals surface area contributed by atoms with Crippen molar-refractivity contribution in [3.8, 4) is 0 Å². The largest absolute Gasteiger partial charge is 0.414 e. The zero-order valence-corrected chi connectivity index (χ0v) is 26.8. The minimum absolute atomic E-state index is 0.129. The SMILES string of the molecule is CC(C)(C)[Si](C)(C)OC(CCc1ccccc1)CC[C@@H]1[C@H]2CC(O)O[C@H]2C[C@H]1O[Si](C)(C)C(C)(C)C. The van der Waals surface area contributed by atoms with Gasteiger partial charge < -0.3 is 18.7 Å². The fourth-order valence-electron chi connectivity index (χ4n) is 5.40. The third kappa shape index (κ3) is 7.32. The summed E-state index contributed by atoms with van der Waals surface area (Å²) < 4.78 is 20.0. The molecule has 1 aliphatic carbocycles. The monoisotopic (exact) mass is 534 g/mol. The molecule has 1 N–H and O–H groups in total. The van der Waals surface area contributed by atoms with Crippen LogP contribution in [0.3, 0.4) is 0 Å². The first-order valence-electron chi connectivity index (χ1n) is 14.2. The Morgan fingerprint density at radius 3 is 2.11 bits per heavy atom. The second-order valence-corrected chi connectivity index (χ2v) is 24.0. The predicted octanol–water partition coefficient (Wildman–Crippen LogP) is 7.92. The minimum Gasteiger partial charge on any atom is -0.414 e. The third-order valence-corrected chi connectivity index (χ3v) is 18.8. The maximum Gasteiger partial charge on any atom is 0.192 e. The quantitative estimate of drug-likeness (QED) is 0.310. The summed E-state index contributed by atoms with van der Waals surface area (Å²) in [6, 6.07) is 10.8. The lowest BCUT2D eigenvalue weighted by atomic mass is 9.86. The molecule has 2 aliphatic rings. The van der Waals surface area contributed by atoms with Crippen molar-refractivity contribution in [3.05, 3.63) is 35.9 Å². The van der Waals surface area contributed by atoms with Crippen LogP contribution in [0.1, 0.15) is 79.2 Å². The number of aliphatic hydroxyl groups excluding tert-OH is 1. The summed E-state index contributed by atoms with van der Waals surface area (Å²) in [5.41, 5.74) is 1.38. The fraction of sp³-hybridized carbons (Fsp3) is 0.800. The normalized spacial score (nSPS) is 28.4. The zero-order valence-electron chi connectivity index (χ0n) is 24.8. The summed E-state index contributed by atoms with van der Waals surface area (Å²) in [5.74, 6) is 0.806. The molecule has 1 saturated heterocycles. The van der Waals surface area contributed by atoms with E-state index in [0.29, 0.717) is 11.8 Å². The maximum absolute atomic E-state index is 10.3. The molecule has 206 valence electrons. The number of aryl methyl sites for hydroxylation is 1. The lowest BCUT2D eigenvalue weighted by Crippen LogP contribution is -2.46. The molecule has 6 atom stereocenters. The van der Waals surface area contributed by atoms with Crippen LogP contribution < -0.4 is 0 Å². The first-order valence-corrected chi connectivity index (χ1v) is 20.0. The van der Waals surface area contributed by atoms with Gasteiger partial charge in [0.05, 0.1) is 12.2 Å². The van der Waals surface area contributed by atoms with Gasteiger partial charge in [0.25, 0.3) is 0 Å². The Morgan fingerprint density at radius 1 is 0.917 bits per heavy atom. The Kier molecular flexibility index (Phi) is 9.44. The van der Waals surface area contributed by atoms with Crippen LogP contribution in [-0.4, -0.2) is 46.3 Å². The average molecular weight is 535 g/mol. The lowest BCUT2D eigenvalue weighted by molar-refractivity contribution is -0.0946. The summed E-state index contributed by atoms with van der Waals surface area (Å²) in [5, 5.41) is 10.6. The lowest BCUT2D eigenvalue weighted by Gasteiger charge is -2.41. The van der Waals surface area contributed by atoms with Crippen molar-refractivity contribution in [1.82, 2.24) is 0 Å². The van der Waals surface area contributed by atoms with Gasteiger partial charge >= 0.3 is 0 Å². The van der Waals surface area contributed by atoms with Crippen LogP contribution in [0.2, 0.25) is 36.3 Å². The van der Waals surface area contributed by atoms with Crippen LogP contribution in [0.4, 0.5) is 0 Å². The number of hydrogen-bond acceptors (Lipinski definition) is 4. The first-order chi connectivity index (χ1) is 16.5. The van der Waals surface area contributed by atoms with Crippen molar-refractivity contribution in [2.45, 2.75) is 141 Å². The molecule has 0 amide bonds. The number of rotatable bonds is 10. The van der Waals surface area contributed by atoms with Crippen LogP contribution in [0.5, 0.6) is 0 Å². The van der Waals surface area contributed by atoms with Crippen molar-refractivity contribution in [3.63, 3.8) is 0 Å². The molecule has 1 saturated carbocycles. The van der Waals surface area contributed by atoms with E-state index in [1.807, 2.05) is 0 Å². The predicted molar refractivity (Wildman–Crippen MR) is 155 cm³/mol. The summed E-state index contributed by atoms with van der Waals surface area (Å²) in [4.78, 5) is 0. The summed E-state index contributed by atoms with van der Waals surface area (Å²) >= 11 is 0. The Hall–Kier alpha value is -0.506. The highest BCUT2D eigenvalue weighted by atomic mass is 28.4. The smallest absolute Gasteiger partial charge is 0.192 e. The standard InChI is InChI=1S/C30H54O4Si2/c1-29(2,3)35(7,8)33-23(17-16-22-14-12-11-13-15-22)18-19-24-25-20-28(31)32-26(25)21-27(24)34-36(9,10)30(4,5)6/h11-15,23-28,31H,16-21H2,1-10H3/t23?,24-,25-,26+,27-,28?/m1/s1. The van der Waals surface area contributed by atoms with Gasteiger partial charge in [-0.2, -0.15) is 0 Å². The zero-order chi connectivity index (χ0) is 26.9. The van der Waals surface area contributed by atoms with E-state index in [1.165, 1.54) is 5.56 Å². The molecule has 6 heteroatoms. The molecular formula is C30H54O4Si2. The molecule has 36 heavy (non-hydrogen) atoms. The number of ether oxygens (including phenoxy) is 1. The molecule has 1 heterocycles. The van der Waals surface area contributed by atoms with Gasteiger partial charge in [-0.25, -0.2) is 0 Å². The van der Waals surface area contributed by atoms with Crippen molar-refractivity contribution in [1.29, 1.82) is 0 Å². The van der Waals surface area contributed by atoms with Crippen LogP contribution >= 0.6 is 0 Å². The molecule has 0 aromatic heterocycles. The van der Waals surface area contributed by atoms with Crippen LogP contribution in [0.25, 0.3) is 0 Å². The molecule has 2 unspecified atom stereocenters. The van der Waals surface area contributed by atoms with E-state index in [1.54, 1.807) is 0 Å². The topological polar surface area (TPSA) is 47.9 Å². The van der Waals surface area contributed by atoms with Crippen molar-refractivity contribution in [2.75, 3.05) is 0 Å². The van der Waals surface area contributed by atoms with Gasteiger partial charge in [0.1, 0.15) is 0 Å². The second kappa shape index (κ2) is 11.3. The highest BCUT2D eigenvalue weighted by molar-refractivity contribution is 6.74. The molecule has 3 rings (SSSR count). The van der Waals surface area contributed by atoms with Crippen molar-refractivity contribution >= 4 is 16.6 Å². The van der Waals surface area contributed by atoms with Crippen LogP contribution in [0, 0.1) is 11.8 Å². The summed E-state index contributed by atoms with van der Waals surface area (Å²) in [6.07, 6.45) is 5.83. The average Bonchev–Trinajstić information content (AvgIpc) is 3.24. The Balaban J connectivity index is 1.75. The number of aliphatic hydroxyl groups is 1. The summed E-state index contributed by atoms with van der Waals surface area (Å²) in [6.45, 7) is 23.4. The van der Waals surface area contributed by atoms with Gasteiger partial charge in [-0.3, -0.25) is 0 Å². The van der Waals surface area contributed by atoms with Gasteiger partial charge in [-0.15, -0.1) is 0 Å². The van der Waals surface area contributed by atoms with Crippen LogP contribution in [0.15, 0.2) is 30.3 Å². The highest BCUT2D eigenvalue weighted by Crippen LogP contribution is 2.49. The molecular weight excluding hydrogens is 480 g/mol. The van der Waals surface area contributed by atoms with E-state index >= 15 is 0 Å². The van der Waals surface area contributed by atoms with Gasteiger partial charge in [-0.05, 0) is 85.8 Å². The van der Waals surface area contributed by atoms with E-state index in [4.69, 9.17) is 13.6 Å². The van der Waals surface area contributed by atoms with E-state index in [-0.39, 0.29) is 28.4 Å². The molecule has 0 spiro atoms. The van der Waals surface area contributed by atoms with Crippen molar-refractivity contribution in [2.24, 2.45) is 11.8 Å². The van der Waals surface area contributed by atoms with Crippen molar-refractivity contribution < 1.29 is 18.7 Å². The fourth-order valence-corrected chi connectivity index (χ4v) is 8.20. The van der Waals surface area contributed by atoms with E-state index in [9.17, 15) is 5.11 Å². The number of hydrogen-bond donors (Lipinski definition) is 1. The maximum atomic E-state index is 10.3. The van der Waals surface area contributed by atoms with E-state index < -0.39 is 22.9 Å². The molecule has 1 aliphatic heterocycles. The minimum atomic E-state index is -1.90. The third-order valence-electron chi connectivity index (χ3n) is 9.71. The van der Waals surface area contributed by atoms with Gasteiger partial charge in [-0.1, -0.05) is 71.9 Å². The van der Waals surface area contributed by atoms with E-state index in [0.717, 1.165) is 38.5 Å². The second-order valence-electron chi connectivity index (χ2n) is 14.4. The Morgan fingerprint density at radius 2 is 1.53 bits per heavy atom. The van der Waals surface area contributed by atoms with Gasteiger partial charge in [0.2, 0.25) is 0 Å². The van der Waals surface area contributed by atoms with Gasteiger partial charge in [0, 0.05) is 12.5 Å². The first kappa shape index (κ1) is 30.0. The Labute approximate surface area is 223 Å². The van der Waals surface area contributed by atoms with Gasteiger partial charge in [0.15, 0.2) is 22.9 Å². The molecule has 0 bridgehead atoms. The highest BCUT2D eigenvalue weighted by Gasteiger charge is 2.52. The number of fused-ring (bicyclic) bond motifs is 1. The van der Waals surface area contributed by atoms with Crippen LogP contribution in [-0.2, 0) is 20.0 Å². The van der Waals surface area contributed by atoms with E-state index in [2.05, 4.69) is 98.1 Å². The molecule has 2 fully saturated rings. The molecule has 1 aromatic rings. The Bertz CT molecular complexity index is 828. The molecule has 1 aromatic carbocycles.